The summed E-state index contributed by atoms with van der Waals surface area (Å²) in [5.41, 5.74) is -2.13. The van der Waals surface area contributed by atoms with Crippen LogP contribution in [-0.2, 0) is 19.1 Å². The molecule has 45 heavy (non-hydrogen) atoms. The van der Waals surface area contributed by atoms with Crippen molar-refractivity contribution in [2.45, 2.75) is 143 Å². The van der Waals surface area contributed by atoms with Gasteiger partial charge in [-0.2, -0.15) is 0 Å². The predicted molar refractivity (Wildman–Crippen MR) is 166 cm³/mol. The molecule has 1 saturated heterocycles. The smallest absolute Gasteiger partial charge is 0.314 e. The van der Waals surface area contributed by atoms with Gasteiger partial charge in [0, 0.05) is 0 Å². The Morgan fingerprint density at radius 3 is 2.16 bits per heavy atom. The molecule has 5 fully saturated rings. The summed E-state index contributed by atoms with van der Waals surface area (Å²) >= 11 is 0. The van der Waals surface area contributed by atoms with Crippen LogP contribution in [-0.4, -0.2) is 74.3 Å². The van der Waals surface area contributed by atoms with Gasteiger partial charge in [0.25, 0.3) is 0 Å². The van der Waals surface area contributed by atoms with E-state index in [0.717, 1.165) is 37.7 Å². The molecule has 0 spiro atoms. The van der Waals surface area contributed by atoms with Gasteiger partial charge < -0.3 is 35.0 Å². The summed E-state index contributed by atoms with van der Waals surface area (Å²) in [6.07, 6.45) is 2.36. The first-order valence-electron chi connectivity index (χ1n) is 17.4. The highest BCUT2D eigenvalue weighted by atomic mass is 16.7. The molecule has 0 aromatic carbocycles. The Morgan fingerprint density at radius 1 is 0.822 bits per heavy atom. The molecule has 5 N–H and O–H groups in total. The van der Waals surface area contributed by atoms with E-state index in [0.29, 0.717) is 31.6 Å². The number of ether oxygens (including phenoxy) is 2. The van der Waals surface area contributed by atoms with Crippen molar-refractivity contribution >= 4 is 11.9 Å². The Hall–Kier alpha value is -1.52. The van der Waals surface area contributed by atoms with Gasteiger partial charge in [-0.1, -0.05) is 53.2 Å². The quantitative estimate of drug-likeness (QED) is 0.213. The first-order chi connectivity index (χ1) is 20.9. The second kappa shape index (κ2) is 10.7. The Labute approximate surface area is 267 Å². The second-order valence-electron chi connectivity index (χ2n) is 17.2. The van der Waals surface area contributed by atoms with Gasteiger partial charge in [-0.05, 0) is 111 Å². The molecular formula is C36H56O9. The number of carboxylic acid groups (broad SMARTS) is 2. The van der Waals surface area contributed by atoms with Crippen LogP contribution in [0.4, 0.5) is 0 Å². The maximum atomic E-state index is 13.8. The van der Waals surface area contributed by atoms with Gasteiger partial charge in [0.15, 0.2) is 6.29 Å². The van der Waals surface area contributed by atoms with Crippen LogP contribution in [0.3, 0.4) is 0 Å². The van der Waals surface area contributed by atoms with Gasteiger partial charge in [0.2, 0.25) is 0 Å². The number of carboxylic acids is 2. The van der Waals surface area contributed by atoms with Gasteiger partial charge >= 0.3 is 11.9 Å². The number of rotatable bonds is 4. The molecule has 1 heterocycles. The molecule has 6 aliphatic rings. The summed E-state index contributed by atoms with van der Waals surface area (Å²) in [7, 11) is 0. The summed E-state index contributed by atoms with van der Waals surface area (Å²) in [6, 6.07) is 0. The number of allylic oxidation sites excluding steroid dienone is 1. The molecule has 0 unspecified atom stereocenters. The maximum Gasteiger partial charge on any atom is 0.314 e. The monoisotopic (exact) mass is 632 g/mol. The zero-order valence-corrected chi connectivity index (χ0v) is 28.2. The predicted octanol–water partition coefficient (Wildman–Crippen LogP) is 5.01. The molecule has 9 heteroatoms. The molecule has 0 aromatic rings. The molecule has 9 nitrogen and oxygen atoms in total. The molecule has 15 atom stereocenters. The molecular weight excluding hydrogens is 576 g/mol. The summed E-state index contributed by atoms with van der Waals surface area (Å²) in [5.74, 6) is -1.08. The number of aliphatic hydroxyl groups is 3. The van der Waals surface area contributed by atoms with Gasteiger partial charge in [-0.15, -0.1) is 0 Å². The molecule has 6 rings (SSSR count). The average Bonchev–Trinajstić information content (AvgIpc) is 2.97. The lowest BCUT2D eigenvalue weighted by Crippen LogP contribution is -2.68. The van der Waals surface area contributed by atoms with Crippen LogP contribution in [0, 0.1) is 56.7 Å². The van der Waals surface area contributed by atoms with Crippen molar-refractivity contribution in [3.05, 3.63) is 11.6 Å². The SMILES string of the molecule is C[C@H]1[C@H](C)CC[C@]2(C(=O)O)CC[C@]3(C(=O)O)C(=CC[C@@H]4[C@@]5(C)CC[C@H](O[C@@H]6O[C@H](C)[C@@H](O)[C@H](O)[C@H]6O)C(C)(C)[C@H]5CC[C@]43C)[C@@H]12. The zero-order valence-electron chi connectivity index (χ0n) is 28.2. The summed E-state index contributed by atoms with van der Waals surface area (Å²) in [6.45, 7) is 15.0. The number of aliphatic carboxylic acids is 2. The van der Waals surface area contributed by atoms with Crippen molar-refractivity contribution in [3.63, 3.8) is 0 Å². The molecule has 254 valence electrons. The third kappa shape index (κ3) is 4.28. The second-order valence-corrected chi connectivity index (χ2v) is 17.2. The third-order valence-electron chi connectivity index (χ3n) is 15.3. The Morgan fingerprint density at radius 2 is 1.51 bits per heavy atom. The van der Waals surface area contributed by atoms with Crippen LogP contribution in [0.25, 0.3) is 0 Å². The van der Waals surface area contributed by atoms with Crippen molar-refractivity contribution in [1.29, 1.82) is 0 Å². The van der Waals surface area contributed by atoms with Crippen molar-refractivity contribution in [2.75, 3.05) is 0 Å². The number of hydrogen-bond donors (Lipinski definition) is 5. The molecule has 0 aromatic heterocycles. The Kier molecular flexibility index (Phi) is 7.97. The lowest BCUT2D eigenvalue weighted by atomic mass is 9.33. The van der Waals surface area contributed by atoms with E-state index in [9.17, 15) is 35.1 Å². The number of carbonyl (C=O) groups is 2. The van der Waals surface area contributed by atoms with E-state index in [-0.39, 0.29) is 40.6 Å². The standard InChI is InChI=1S/C36H56O9/c1-18-10-15-35(30(40)41)16-17-36(31(42)43)21(25(35)19(18)2)8-9-23-33(6)13-12-24(32(4,5)22(33)11-14-34(23,36)7)45-29-28(39)27(38)26(37)20(3)44-29/h8,18-20,22-29,37-39H,9-17H2,1-7H3,(H,40,41)(H,42,43)/t18-,19+,20-,22-,23-,24+,25-,26-,27+,28-,29+,33+,34-,35+,36-/m1/s1. The summed E-state index contributed by atoms with van der Waals surface area (Å²) < 4.78 is 12.3. The lowest BCUT2D eigenvalue weighted by molar-refractivity contribution is -0.324. The van der Waals surface area contributed by atoms with Crippen molar-refractivity contribution in [2.24, 2.45) is 56.7 Å². The largest absolute Gasteiger partial charge is 0.481 e. The molecule has 5 aliphatic carbocycles. The van der Waals surface area contributed by atoms with Crippen LogP contribution >= 0.6 is 0 Å². The molecule has 0 radical (unpaired) electrons. The third-order valence-corrected chi connectivity index (χ3v) is 15.3. The van der Waals surface area contributed by atoms with Crippen LogP contribution in [0.15, 0.2) is 11.6 Å². The molecule has 0 amide bonds. The Balaban J connectivity index is 1.35. The van der Waals surface area contributed by atoms with E-state index in [1.54, 1.807) is 6.92 Å². The number of hydrogen-bond acceptors (Lipinski definition) is 7. The van der Waals surface area contributed by atoms with Crippen LogP contribution in [0.1, 0.15) is 106 Å². The minimum atomic E-state index is -1.36. The minimum absolute atomic E-state index is 0.0958. The highest BCUT2D eigenvalue weighted by molar-refractivity contribution is 5.84. The van der Waals surface area contributed by atoms with E-state index >= 15 is 0 Å². The van der Waals surface area contributed by atoms with Gasteiger partial charge in [-0.3, -0.25) is 9.59 Å². The van der Waals surface area contributed by atoms with Crippen molar-refractivity contribution < 1.29 is 44.6 Å². The van der Waals surface area contributed by atoms with E-state index in [1.165, 1.54) is 0 Å². The van der Waals surface area contributed by atoms with Crippen molar-refractivity contribution in [1.82, 2.24) is 0 Å². The maximum absolute atomic E-state index is 13.8. The van der Waals surface area contributed by atoms with Gasteiger partial charge in [-0.25, -0.2) is 0 Å². The summed E-state index contributed by atoms with van der Waals surface area (Å²) in [4.78, 5) is 26.8. The Bertz CT molecular complexity index is 1250. The fraction of sp³-hybridized carbons (Fsp3) is 0.889. The van der Waals surface area contributed by atoms with Gasteiger partial charge in [0.05, 0.1) is 23.0 Å². The molecule has 1 aliphatic heterocycles. The van der Waals surface area contributed by atoms with E-state index in [4.69, 9.17) is 9.47 Å². The lowest BCUT2D eigenvalue weighted by Gasteiger charge is -2.70. The minimum Gasteiger partial charge on any atom is -0.481 e. The fourth-order valence-electron chi connectivity index (χ4n) is 12.5. The normalized spacial score (nSPS) is 54.0. The van der Waals surface area contributed by atoms with Crippen LogP contribution in [0.2, 0.25) is 0 Å². The van der Waals surface area contributed by atoms with E-state index in [1.807, 2.05) is 0 Å². The van der Waals surface area contributed by atoms with E-state index < -0.39 is 58.9 Å². The first kappa shape index (κ1) is 33.4. The average molecular weight is 633 g/mol. The van der Waals surface area contributed by atoms with Crippen molar-refractivity contribution in [3.8, 4) is 0 Å². The van der Waals surface area contributed by atoms with Gasteiger partial charge in [0.1, 0.15) is 18.3 Å². The van der Waals surface area contributed by atoms with E-state index in [2.05, 4.69) is 47.6 Å². The highest BCUT2D eigenvalue weighted by Crippen LogP contribution is 2.76. The highest BCUT2D eigenvalue weighted by Gasteiger charge is 2.73. The zero-order chi connectivity index (χ0) is 33.1. The molecule has 0 bridgehead atoms. The topological polar surface area (TPSA) is 154 Å². The summed E-state index contributed by atoms with van der Waals surface area (Å²) in [5, 5.41) is 53.2. The van der Waals surface area contributed by atoms with Crippen LogP contribution in [0.5, 0.6) is 0 Å². The fourth-order valence-corrected chi connectivity index (χ4v) is 12.5. The van der Waals surface area contributed by atoms with Crippen LogP contribution < -0.4 is 0 Å². The first-order valence-corrected chi connectivity index (χ1v) is 17.4. The molecule has 4 saturated carbocycles. The number of aliphatic hydroxyl groups excluding tert-OH is 3. The number of fused-ring (bicyclic) bond motifs is 7.